The van der Waals surface area contributed by atoms with Crippen molar-refractivity contribution in [2.45, 2.75) is 149 Å². The van der Waals surface area contributed by atoms with Gasteiger partial charge in [-0.15, -0.1) is 0 Å². The molecule has 9 rings (SSSR count). The topological polar surface area (TPSA) is 319 Å². The summed E-state index contributed by atoms with van der Waals surface area (Å²) >= 11 is 0. The van der Waals surface area contributed by atoms with Crippen LogP contribution in [0.15, 0.2) is 110 Å². The lowest BCUT2D eigenvalue weighted by molar-refractivity contribution is -0.165. The number of piperidine rings is 3. The Kier molecular flexibility index (Phi) is 26.4. The van der Waals surface area contributed by atoms with Crippen molar-refractivity contribution in [2.75, 3.05) is 52.0 Å². The van der Waals surface area contributed by atoms with Crippen molar-refractivity contribution in [3.63, 3.8) is 0 Å². The molecule has 3 aromatic carbocycles. The number of likely N-dealkylation sites (tertiary alicyclic amines) is 2. The number of halogens is 9. The zero-order chi connectivity index (χ0) is 76.1. The van der Waals surface area contributed by atoms with Gasteiger partial charge in [0.25, 0.3) is 17.8 Å². The lowest BCUT2D eigenvalue weighted by atomic mass is 9.86. The summed E-state index contributed by atoms with van der Waals surface area (Å²) in [4.78, 5) is 110. The van der Waals surface area contributed by atoms with E-state index in [9.17, 15) is 69.1 Å². The number of anilines is 6. The quantitative estimate of drug-likeness (QED) is 0.0519. The Morgan fingerprint density at radius 1 is 0.500 bits per heavy atom. The minimum atomic E-state index is -3.32. The number of aryl methyl sites for hydroxylation is 3. The summed E-state index contributed by atoms with van der Waals surface area (Å²) < 4.78 is 137. The summed E-state index contributed by atoms with van der Waals surface area (Å²) in [5.41, 5.74) is 7.01. The van der Waals surface area contributed by atoms with Crippen LogP contribution in [0, 0.1) is 56.0 Å². The van der Waals surface area contributed by atoms with Gasteiger partial charge in [-0.2, -0.15) is 0 Å². The third-order valence-electron chi connectivity index (χ3n) is 15.4. The van der Waals surface area contributed by atoms with E-state index < -0.39 is 137 Å². The number of nitrogens with zero attached hydrogens (tertiary/aromatic N) is 5. The smallest absolute Gasteiger partial charge is 0.413 e. The zero-order valence-corrected chi connectivity index (χ0v) is 57.8. The minimum absolute atomic E-state index is 0.0249. The molecule has 23 nitrogen and oxygen atoms in total. The summed E-state index contributed by atoms with van der Waals surface area (Å²) in [7, 11) is 0. The maximum atomic E-state index is 15.0. The van der Waals surface area contributed by atoms with Crippen LogP contribution in [-0.2, 0) is 38.2 Å². The molecule has 7 amide bonds. The van der Waals surface area contributed by atoms with Gasteiger partial charge in [0.15, 0.2) is 0 Å². The van der Waals surface area contributed by atoms with E-state index in [4.69, 9.17) is 20.3 Å². The van der Waals surface area contributed by atoms with Crippen LogP contribution in [0.25, 0.3) is 0 Å². The first kappa shape index (κ1) is 80.6. The first-order chi connectivity index (χ1) is 47.3. The normalized spacial score (nSPS) is 19.5. The summed E-state index contributed by atoms with van der Waals surface area (Å²) in [6.07, 6.45) is 1.32. The number of carbonyl (C=O) groups excluding carboxylic acids is 7. The molecule has 0 radical (unpaired) electrons. The standard InChI is InChI=1S/C25H29F3N4O4.C20H21F3N4O2.C13H17N3O5.C12H14F3N/c1-14-11-25(27,28)19(16-6-8-17(26)9-7-16)32(13-14)22(34)21(33)30-18-10-15(2)20(29-12-18)31-23(35)36-24(3,4)5;1-11-8-20(22,23)16(13-3-5-14(21)6-4-13)27(10-11)19(29)18(28)26-15-7-12(2)17(24)25-9-15;1-7-5-8(15-10(17)11(18)19)6-14-9(7)16-12(20)21-13(2,3)4;1-8-6-12(14,15)11(16-7-8)9-2-4-10(13)5-3-9/h6-10,12,14,19H,11,13H2,1-5H3,(H,30,33)(H,29,31,35);3-7,9,11,16H,8,10H2,1-2H3,(H2,24,25)(H,26,28);5-6H,1-4H3,(H,15,17)(H,18,19)(H,14,16,20);2-5,8,11,16H,6-7H2,1H3/t14-,19-;11-,16-;;8-,11-/m00.0/s1. The van der Waals surface area contributed by atoms with Gasteiger partial charge in [-0.25, -0.2) is 68.8 Å². The molecule has 3 saturated heterocycles. The highest BCUT2D eigenvalue weighted by molar-refractivity contribution is 6.40. The van der Waals surface area contributed by atoms with Crippen LogP contribution >= 0.6 is 0 Å². The highest BCUT2D eigenvalue weighted by Crippen LogP contribution is 2.47. The van der Waals surface area contributed by atoms with Gasteiger partial charge in [-0.3, -0.25) is 34.6 Å². The summed E-state index contributed by atoms with van der Waals surface area (Å²) in [6, 6.07) is 14.3. The predicted octanol–water partition coefficient (Wildman–Crippen LogP) is 13.2. The van der Waals surface area contributed by atoms with Gasteiger partial charge in [-0.05, 0) is 175 Å². The molecule has 3 aliphatic rings. The number of aromatic nitrogens is 3. The number of alkyl halides is 6. The molecule has 0 spiro atoms. The minimum Gasteiger partial charge on any atom is -0.474 e. The van der Waals surface area contributed by atoms with Crippen molar-refractivity contribution in [1.29, 1.82) is 0 Å². The number of aliphatic carboxylic acids is 1. The van der Waals surface area contributed by atoms with E-state index in [1.54, 1.807) is 83.1 Å². The van der Waals surface area contributed by atoms with E-state index in [1.165, 1.54) is 85.3 Å². The molecule has 3 aliphatic heterocycles. The summed E-state index contributed by atoms with van der Waals surface area (Å²) in [6.45, 7) is 20.7. The Hall–Kier alpha value is -10.4. The van der Waals surface area contributed by atoms with Crippen molar-refractivity contribution >= 4 is 82.2 Å². The number of rotatable bonds is 8. The van der Waals surface area contributed by atoms with E-state index in [1.807, 2.05) is 0 Å². The number of carboxylic acids is 1. The summed E-state index contributed by atoms with van der Waals surface area (Å²) in [5.74, 6) is -18.5. The Morgan fingerprint density at radius 2 is 0.833 bits per heavy atom. The number of amides is 7. The van der Waals surface area contributed by atoms with Crippen molar-refractivity contribution < 1.29 is 92.5 Å². The van der Waals surface area contributed by atoms with Gasteiger partial charge in [0.2, 0.25) is 0 Å². The maximum Gasteiger partial charge on any atom is 0.413 e. The molecular weight excluding hydrogens is 1360 g/mol. The monoisotopic (exact) mass is 1440 g/mol. The molecule has 32 heteroatoms. The van der Waals surface area contributed by atoms with Crippen LogP contribution in [0.4, 0.5) is 83.6 Å². The maximum absolute atomic E-state index is 15.0. The first-order valence-electron chi connectivity index (χ1n) is 31.9. The second-order valence-electron chi connectivity index (χ2n) is 27.1. The molecule has 6 atom stereocenters. The molecule has 0 unspecified atom stereocenters. The van der Waals surface area contributed by atoms with Gasteiger partial charge in [0.1, 0.15) is 58.2 Å². The molecule has 6 heterocycles. The lowest BCUT2D eigenvalue weighted by Crippen LogP contribution is -2.54. The van der Waals surface area contributed by atoms with Crippen LogP contribution in [0.3, 0.4) is 0 Å². The van der Waals surface area contributed by atoms with E-state index in [2.05, 4.69) is 46.9 Å². The Labute approximate surface area is 582 Å². The second kappa shape index (κ2) is 33.4. The van der Waals surface area contributed by atoms with Crippen LogP contribution < -0.4 is 37.6 Å². The highest BCUT2D eigenvalue weighted by Gasteiger charge is 2.53. The predicted molar refractivity (Wildman–Crippen MR) is 360 cm³/mol. The van der Waals surface area contributed by atoms with Crippen molar-refractivity contribution in [1.82, 2.24) is 30.1 Å². The fourth-order valence-corrected chi connectivity index (χ4v) is 11.1. The second-order valence-corrected chi connectivity index (χ2v) is 27.1. The highest BCUT2D eigenvalue weighted by atomic mass is 19.3. The number of carbonyl (C=O) groups is 8. The van der Waals surface area contributed by atoms with Crippen molar-refractivity contribution in [3.05, 3.63) is 160 Å². The van der Waals surface area contributed by atoms with Crippen LogP contribution in [-0.4, -0.2) is 126 Å². The van der Waals surface area contributed by atoms with Gasteiger partial charge >= 0.3 is 47.7 Å². The molecule has 0 saturated carbocycles. The third-order valence-corrected chi connectivity index (χ3v) is 15.4. The molecule has 9 N–H and O–H groups in total. The van der Waals surface area contributed by atoms with Gasteiger partial charge in [0, 0.05) is 32.4 Å². The average Bonchev–Trinajstić information content (AvgIpc) is 0.770. The van der Waals surface area contributed by atoms with Crippen LogP contribution in [0.1, 0.15) is 133 Å². The molecule has 102 heavy (non-hydrogen) atoms. The first-order valence-corrected chi connectivity index (χ1v) is 31.9. The number of hydrogen-bond donors (Lipinski definition) is 8. The van der Waals surface area contributed by atoms with Crippen molar-refractivity contribution in [2.24, 2.45) is 17.8 Å². The number of nitrogen functional groups attached to an aromatic ring is 1. The molecule has 3 aromatic heterocycles. The average molecular weight is 1440 g/mol. The van der Waals surface area contributed by atoms with E-state index in [0.29, 0.717) is 28.8 Å². The van der Waals surface area contributed by atoms with Crippen LogP contribution in [0.5, 0.6) is 0 Å². The third kappa shape index (κ3) is 23.1. The molecule has 0 aliphatic carbocycles. The van der Waals surface area contributed by atoms with E-state index in [0.717, 1.165) is 34.1 Å². The summed E-state index contributed by atoms with van der Waals surface area (Å²) in [5, 5.41) is 23.2. The van der Waals surface area contributed by atoms with Gasteiger partial charge in [0.05, 0.1) is 41.7 Å². The number of hydrogen-bond acceptors (Lipinski definition) is 15. The molecular formula is C70H81F9N12O11. The zero-order valence-electron chi connectivity index (χ0n) is 57.8. The Balaban J connectivity index is 0.000000223. The molecule has 3 fully saturated rings. The number of nitrogens with two attached hydrogens (primary N) is 1. The fraction of sp³-hybridized carbons (Fsp3) is 0.414. The lowest BCUT2D eigenvalue weighted by Gasteiger charge is -2.43. The largest absolute Gasteiger partial charge is 0.474 e. The number of benzene rings is 3. The Bertz CT molecular complexity index is 4010. The van der Waals surface area contributed by atoms with Gasteiger partial charge in [-0.1, -0.05) is 57.2 Å². The number of ether oxygens (including phenoxy) is 2. The SMILES string of the molecule is C[C@@H]1CN[C@@H](c2ccc(F)cc2)C(F)(F)C1.Cc1cc(NC(=O)C(=O)N2C[C@@H](C)CC(F)(F)[C@@H]2c2ccc(F)cc2)cnc1N.Cc1cc(NC(=O)C(=O)N2C[C@@H](C)CC(F)(F)[C@@H]2c2ccc(F)cc2)cnc1NC(=O)OC(C)(C)C.Cc1cc(NC(=O)C(=O)O)cnc1NC(=O)OC(C)(C)C. The van der Waals surface area contributed by atoms with Crippen molar-refractivity contribution in [3.8, 4) is 0 Å². The van der Waals surface area contributed by atoms with Gasteiger partial charge < -0.3 is 51.4 Å². The van der Waals surface area contributed by atoms with Crippen LogP contribution in [0.2, 0.25) is 0 Å². The number of carboxylic acid groups (broad SMARTS) is 1. The Morgan fingerprint density at radius 3 is 1.17 bits per heavy atom. The molecule has 550 valence electrons. The molecule has 0 bridgehead atoms. The van der Waals surface area contributed by atoms with E-state index in [-0.39, 0.29) is 71.1 Å². The number of pyridine rings is 3. The fourth-order valence-electron chi connectivity index (χ4n) is 11.1. The van der Waals surface area contributed by atoms with E-state index >= 15 is 8.78 Å². The molecule has 6 aromatic rings. The number of nitrogens with one attached hydrogen (secondary N) is 6.